The van der Waals surface area contributed by atoms with Gasteiger partial charge in [-0.3, -0.25) is 9.20 Å². The summed E-state index contributed by atoms with van der Waals surface area (Å²) in [5.74, 6) is -0.137. The van der Waals surface area contributed by atoms with Crippen LogP contribution in [0.1, 0.15) is 23.3 Å². The van der Waals surface area contributed by atoms with E-state index in [9.17, 15) is 9.59 Å². The zero-order chi connectivity index (χ0) is 12.0. The Morgan fingerprint density at radius 1 is 1.47 bits per heavy atom. The number of hydrogen-bond acceptors (Lipinski definition) is 3. The summed E-state index contributed by atoms with van der Waals surface area (Å²) in [7, 11) is 0. The van der Waals surface area contributed by atoms with Crippen LogP contribution in [0.3, 0.4) is 0 Å². The summed E-state index contributed by atoms with van der Waals surface area (Å²) in [6.45, 7) is 0.798. The molecule has 0 saturated heterocycles. The maximum atomic E-state index is 11.7. The fourth-order valence-corrected chi connectivity index (χ4v) is 1.87. The lowest BCUT2D eigenvalue weighted by atomic mass is 10.4. The van der Waals surface area contributed by atoms with Crippen molar-refractivity contribution in [2.24, 2.45) is 5.92 Å². The smallest absolute Gasteiger partial charge is 0.354 e. The highest BCUT2D eigenvalue weighted by Crippen LogP contribution is 2.30. The van der Waals surface area contributed by atoms with Crippen LogP contribution in [0.25, 0.3) is 5.78 Å². The molecule has 0 amide bonds. The number of imidazole rings is 1. The van der Waals surface area contributed by atoms with Gasteiger partial charge in [0.25, 0.3) is 5.56 Å². The van der Waals surface area contributed by atoms with E-state index >= 15 is 0 Å². The third-order valence-corrected chi connectivity index (χ3v) is 2.96. The lowest BCUT2D eigenvalue weighted by molar-refractivity contribution is 0.0690. The lowest BCUT2D eigenvalue weighted by Crippen LogP contribution is -2.17. The van der Waals surface area contributed by atoms with Crippen LogP contribution < -0.4 is 5.56 Å². The van der Waals surface area contributed by atoms with Crippen molar-refractivity contribution in [2.45, 2.75) is 19.4 Å². The molecule has 1 N–H and O–H groups in total. The van der Waals surface area contributed by atoms with Gasteiger partial charge < -0.3 is 9.67 Å². The van der Waals surface area contributed by atoms with Gasteiger partial charge in [0.1, 0.15) is 0 Å². The van der Waals surface area contributed by atoms with Crippen LogP contribution in [0.15, 0.2) is 23.3 Å². The first-order chi connectivity index (χ1) is 8.15. The van der Waals surface area contributed by atoms with Crippen molar-refractivity contribution in [3.05, 3.63) is 34.5 Å². The summed E-state index contributed by atoms with van der Waals surface area (Å²) in [5.41, 5.74) is -0.562. The summed E-state index contributed by atoms with van der Waals surface area (Å²) in [4.78, 5) is 26.5. The number of aromatic nitrogens is 3. The van der Waals surface area contributed by atoms with Crippen LogP contribution >= 0.6 is 0 Å². The number of carboxylic acids is 1. The number of carbonyl (C=O) groups is 1. The first-order valence-corrected chi connectivity index (χ1v) is 5.47. The molecule has 1 aliphatic rings. The van der Waals surface area contributed by atoms with E-state index in [-0.39, 0.29) is 11.3 Å². The molecule has 0 bridgehead atoms. The molecule has 17 heavy (non-hydrogen) atoms. The SMILES string of the molecule is O=C(O)c1cc(=O)n2ccn(CC3CC3)c2n1. The summed E-state index contributed by atoms with van der Waals surface area (Å²) < 4.78 is 3.21. The van der Waals surface area contributed by atoms with Crippen molar-refractivity contribution in [1.29, 1.82) is 0 Å². The Kier molecular flexibility index (Phi) is 2.04. The van der Waals surface area contributed by atoms with Gasteiger partial charge in [0, 0.05) is 25.0 Å². The van der Waals surface area contributed by atoms with Crippen LogP contribution in [0.2, 0.25) is 0 Å². The van der Waals surface area contributed by atoms with E-state index in [2.05, 4.69) is 4.98 Å². The Morgan fingerprint density at radius 2 is 2.24 bits per heavy atom. The van der Waals surface area contributed by atoms with Gasteiger partial charge in [-0.2, -0.15) is 0 Å². The van der Waals surface area contributed by atoms with E-state index in [1.165, 1.54) is 17.2 Å². The summed E-state index contributed by atoms with van der Waals surface area (Å²) >= 11 is 0. The second kappa shape index (κ2) is 3.44. The topological polar surface area (TPSA) is 76.6 Å². The molecular weight excluding hydrogens is 222 g/mol. The van der Waals surface area contributed by atoms with E-state index in [4.69, 9.17) is 5.11 Å². The number of fused-ring (bicyclic) bond motifs is 1. The molecule has 1 aliphatic carbocycles. The zero-order valence-electron chi connectivity index (χ0n) is 9.04. The largest absolute Gasteiger partial charge is 0.477 e. The van der Waals surface area contributed by atoms with Gasteiger partial charge in [-0.25, -0.2) is 9.78 Å². The molecule has 88 valence electrons. The monoisotopic (exact) mass is 233 g/mol. The molecule has 2 aromatic heterocycles. The third-order valence-electron chi connectivity index (χ3n) is 2.96. The van der Waals surface area contributed by atoms with Crippen LogP contribution in [0, 0.1) is 5.92 Å². The highest BCUT2D eigenvalue weighted by Gasteiger charge is 2.23. The molecule has 0 aliphatic heterocycles. The van der Waals surface area contributed by atoms with E-state index in [0.717, 1.165) is 12.6 Å². The Labute approximate surface area is 96.1 Å². The first-order valence-electron chi connectivity index (χ1n) is 5.47. The van der Waals surface area contributed by atoms with Gasteiger partial charge in [0.2, 0.25) is 5.78 Å². The Hall–Kier alpha value is -2.11. The minimum atomic E-state index is -1.18. The molecule has 6 nitrogen and oxygen atoms in total. The van der Waals surface area contributed by atoms with Crippen LogP contribution in [-0.4, -0.2) is 25.0 Å². The van der Waals surface area contributed by atoms with Crippen molar-refractivity contribution in [1.82, 2.24) is 14.0 Å². The van der Waals surface area contributed by atoms with Crippen molar-refractivity contribution < 1.29 is 9.90 Å². The number of nitrogens with zero attached hydrogens (tertiary/aromatic N) is 3. The van der Waals surface area contributed by atoms with Gasteiger partial charge >= 0.3 is 5.97 Å². The number of aromatic carboxylic acids is 1. The van der Waals surface area contributed by atoms with Crippen molar-refractivity contribution in [2.75, 3.05) is 0 Å². The molecule has 0 aromatic carbocycles. The van der Waals surface area contributed by atoms with Crippen molar-refractivity contribution in [3.8, 4) is 0 Å². The molecule has 0 spiro atoms. The van der Waals surface area contributed by atoms with Gasteiger partial charge in [0.05, 0.1) is 0 Å². The van der Waals surface area contributed by atoms with E-state index in [0.29, 0.717) is 11.7 Å². The minimum Gasteiger partial charge on any atom is -0.477 e. The molecule has 1 fully saturated rings. The zero-order valence-corrected chi connectivity index (χ0v) is 9.04. The van der Waals surface area contributed by atoms with Gasteiger partial charge in [0.15, 0.2) is 5.69 Å². The third kappa shape index (κ3) is 1.71. The molecule has 0 atom stereocenters. The number of carboxylic acid groups (broad SMARTS) is 1. The molecule has 1 saturated carbocycles. The van der Waals surface area contributed by atoms with E-state index < -0.39 is 5.97 Å². The number of hydrogen-bond donors (Lipinski definition) is 1. The highest BCUT2D eigenvalue weighted by atomic mass is 16.4. The minimum absolute atomic E-state index is 0.203. The fourth-order valence-electron chi connectivity index (χ4n) is 1.87. The standard InChI is InChI=1S/C11H11N3O3/c15-9-5-8(10(16)17)12-11-13(3-4-14(9)11)6-7-1-2-7/h3-5,7H,1-2,6H2,(H,16,17). The molecule has 2 heterocycles. The molecule has 3 rings (SSSR count). The highest BCUT2D eigenvalue weighted by molar-refractivity contribution is 5.85. The van der Waals surface area contributed by atoms with E-state index in [1.54, 1.807) is 12.4 Å². The fraction of sp³-hybridized carbons (Fsp3) is 0.364. The maximum Gasteiger partial charge on any atom is 0.354 e. The Balaban J connectivity index is 2.17. The molecule has 2 aromatic rings. The van der Waals surface area contributed by atoms with Gasteiger partial charge in [-0.1, -0.05) is 0 Å². The molecule has 0 radical (unpaired) electrons. The summed E-state index contributed by atoms with van der Waals surface area (Å²) in [6.07, 6.45) is 5.77. The van der Waals surface area contributed by atoms with Crippen molar-refractivity contribution in [3.63, 3.8) is 0 Å². The Bertz CT molecular complexity index is 652. The average Bonchev–Trinajstić information content (AvgIpc) is 2.99. The number of rotatable bonds is 3. The van der Waals surface area contributed by atoms with Gasteiger partial charge in [-0.15, -0.1) is 0 Å². The van der Waals surface area contributed by atoms with Crippen LogP contribution in [0.5, 0.6) is 0 Å². The molecular formula is C11H11N3O3. The average molecular weight is 233 g/mol. The Morgan fingerprint density at radius 3 is 2.88 bits per heavy atom. The lowest BCUT2D eigenvalue weighted by Gasteiger charge is -2.02. The predicted molar refractivity (Wildman–Crippen MR) is 59.1 cm³/mol. The van der Waals surface area contributed by atoms with E-state index in [1.807, 2.05) is 4.57 Å². The van der Waals surface area contributed by atoms with Crippen LogP contribution in [-0.2, 0) is 6.54 Å². The second-order valence-electron chi connectivity index (χ2n) is 4.35. The molecule has 0 unspecified atom stereocenters. The normalized spacial score (nSPS) is 15.3. The van der Waals surface area contributed by atoms with Crippen LogP contribution in [0.4, 0.5) is 0 Å². The maximum absolute atomic E-state index is 11.7. The predicted octanol–water partition coefficient (Wildman–Crippen LogP) is 0.604. The van der Waals surface area contributed by atoms with Crippen molar-refractivity contribution >= 4 is 11.7 Å². The first kappa shape index (κ1) is 10.1. The second-order valence-corrected chi connectivity index (χ2v) is 4.35. The summed E-state index contributed by atoms with van der Waals surface area (Å²) in [6, 6.07) is 1.04. The quantitative estimate of drug-likeness (QED) is 0.842. The van der Waals surface area contributed by atoms with Gasteiger partial charge in [-0.05, 0) is 18.8 Å². The molecule has 6 heteroatoms. The summed E-state index contributed by atoms with van der Waals surface area (Å²) in [5, 5.41) is 8.87.